The third-order valence-corrected chi connectivity index (χ3v) is 6.55. The van der Waals surface area contributed by atoms with E-state index >= 15 is 0 Å². The van der Waals surface area contributed by atoms with Gasteiger partial charge in [-0.05, 0) is 48.6 Å². The second kappa shape index (κ2) is 8.91. The largest absolute Gasteiger partial charge is 0.329 e. The number of rotatable bonds is 5. The highest BCUT2D eigenvalue weighted by molar-refractivity contribution is 6.30. The molecule has 4 aromatic rings. The van der Waals surface area contributed by atoms with Gasteiger partial charge in [0.15, 0.2) is 0 Å². The van der Waals surface area contributed by atoms with Crippen molar-refractivity contribution in [3.8, 4) is 11.1 Å². The smallest absolute Gasteiger partial charge is 0.229 e. The molecule has 32 heavy (non-hydrogen) atoms. The van der Waals surface area contributed by atoms with Crippen molar-refractivity contribution in [2.24, 2.45) is 0 Å². The molecule has 1 fully saturated rings. The van der Waals surface area contributed by atoms with Crippen molar-refractivity contribution < 1.29 is 4.39 Å². The van der Waals surface area contributed by atoms with Gasteiger partial charge in [-0.3, -0.25) is 0 Å². The van der Waals surface area contributed by atoms with E-state index in [0.29, 0.717) is 22.7 Å². The average molecular weight is 449 g/mol. The van der Waals surface area contributed by atoms with Gasteiger partial charge in [0.1, 0.15) is 11.5 Å². The molecule has 0 radical (unpaired) electrons. The van der Waals surface area contributed by atoms with Gasteiger partial charge in [-0.15, -0.1) is 0 Å². The van der Waals surface area contributed by atoms with Gasteiger partial charge in [-0.1, -0.05) is 62.1 Å². The summed E-state index contributed by atoms with van der Waals surface area (Å²) >= 11 is 6.01. The lowest BCUT2D eigenvalue weighted by atomic mass is 9.95. The van der Waals surface area contributed by atoms with Crippen LogP contribution >= 0.6 is 11.6 Å². The molecule has 0 spiro atoms. The van der Waals surface area contributed by atoms with Crippen molar-refractivity contribution in [1.29, 1.82) is 0 Å². The summed E-state index contributed by atoms with van der Waals surface area (Å²) in [5.74, 6) is 0.0340. The van der Waals surface area contributed by atoms with Crippen molar-refractivity contribution >= 4 is 34.3 Å². The van der Waals surface area contributed by atoms with Gasteiger partial charge in [0.25, 0.3) is 0 Å². The Morgan fingerprint density at radius 1 is 1.09 bits per heavy atom. The molecular formula is C26H26ClFN4. The number of anilines is 2. The Bertz CT molecular complexity index is 1220. The van der Waals surface area contributed by atoms with Crippen LogP contribution in [0.2, 0.25) is 5.02 Å². The molecule has 5 rings (SSSR count). The number of aryl methyl sites for hydroxylation is 1. The van der Waals surface area contributed by atoms with Crippen molar-refractivity contribution in [2.45, 2.75) is 51.5 Å². The van der Waals surface area contributed by atoms with E-state index in [0.717, 1.165) is 35.9 Å². The average Bonchev–Trinajstić information content (AvgIpc) is 3.18. The summed E-state index contributed by atoms with van der Waals surface area (Å²) in [6.07, 6.45) is 11.2. The van der Waals surface area contributed by atoms with Gasteiger partial charge in [0.2, 0.25) is 5.95 Å². The van der Waals surface area contributed by atoms with Crippen LogP contribution in [-0.4, -0.2) is 14.5 Å². The molecule has 0 bridgehead atoms. The Morgan fingerprint density at radius 3 is 2.59 bits per heavy atom. The van der Waals surface area contributed by atoms with Gasteiger partial charge < -0.3 is 9.88 Å². The molecule has 4 nitrogen and oxygen atoms in total. The first-order valence-corrected chi connectivity index (χ1v) is 11.7. The standard InChI is InChI=1S/C26H26ClFN4/c1-2-17-8-10-18(11-9-17)24-16-32(22-6-4-3-5-7-22)25-23(24)15-29-26(31-25)30-21-13-19(27)12-20(28)14-21/h8-16,22H,2-7H2,1H3,(H,29,30,31). The molecule has 1 aliphatic rings. The van der Waals surface area contributed by atoms with Crippen LogP contribution in [-0.2, 0) is 6.42 Å². The van der Waals surface area contributed by atoms with Crippen LogP contribution in [0.1, 0.15) is 50.6 Å². The monoisotopic (exact) mass is 448 g/mol. The molecule has 2 aromatic carbocycles. The van der Waals surface area contributed by atoms with E-state index in [1.165, 1.54) is 42.5 Å². The first-order valence-electron chi connectivity index (χ1n) is 11.3. The van der Waals surface area contributed by atoms with Crippen LogP contribution in [0.15, 0.2) is 54.9 Å². The van der Waals surface area contributed by atoms with Gasteiger partial charge in [-0.2, -0.15) is 4.98 Å². The lowest BCUT2D eigenvalue weighted by molar-refractivity contribution is 0.360. The predicted molar refractivity (Wildman–Crippen MR) is 129 cm³/mol. The van der Waals surface area contributed by atoms with Crippen LogP contribution in [0, 0.1) is 5.82 Å². The molecule has 2 aromatic heterocycles. The number of benzene rings is 2. The minimum atomic E-state index is -0.399. The predicted octanol–water partition coefficient (Wildman–Crippen LogP) is 7.70. The zero-order chi connectivity index (χ0) is 22.1. The minimum absolute atomic E-state index is 0.331. The third kappa shape index (κ3) is 4.22. The molecule has 1 aliphatic carbocycles. The normalized spacial score (nSPS) is 14.7. The van der Waals surface area contributed by atoms with Crippen LogP contribution in [0.3, 0.4) is 0 Å². The molecule has 0 aliphatic heterocycles. The topological polar surface area (TPSA) is 42.7 Å². The number of hydrogen-bond donors (Lipinski definition) is 1. The Hall–Kier alpha value is -2.92. The summed E-state index contributed by atoms with van der Waals surface area (Å²) in [6.45, 7) is 2.16. The lowest BCUT2D eigenvalue weighted by Crippen LogP contribution is -2.12. The van der Waals surface area contributed by atoms with E-state index < -0.39 is 5.82 Å². The summed E-state index contributed by atoms with van der Waals surface area (Å²) in [4.78, 5) is 9.40. The number of nitrogens with one attached hydrogen (secondary N) is 1. The van der Waals surface area contributed by atoms with Gasteiger partial charge in [0.05, 0.1) is 0 Å². The summed E-state index contributed by atoms with van der Waals surface area (Å²) < 4.78 is 16.1. The maximum atomic E-state index is 13.8. The maximum Gasteiger partial charge on any atom is 0.229 e. The number of hydrogen-bond acceptors (Lipinski definition) is 3. The fourth-order valence-electron chi connectivity index (χ4n) is 4.63. The highest BCUT2D eigenvalue weighted by Crippen LogP contribution is 2.37. The quantitative estimate of drug-likeness (QED) is 0.340. The van der Waals surface area contributed by atoms with E-state index in [-0.39, 0.29) is 0 Å². The molecule has 6 heteroatoms. The molecule has 0 unspecified atom stereocenters. The third-order valence-electron chi connectivity index (χ3n) is 6.33. The van der Waals surface area contributed by atoms with E-state index in [4.69, 9.17) is 16.6 Å². The number of halogens is 2. The number of aromatic nitrogens is 3. The van der Waals surface area contributed by atoms with Crippen molar-refractivity contribution in [1.82, 2.24) is 14.5 Å². The molecule has 164 valence electrons. The van der Waals surface area contributed by atoms with Crippen LogP contribution in [0.4, 0.5) is 16.0 Å². The van der Waals surface area contributed by atoms with Gasteiger partial charge in [0, 0.05) is 40.1 Å². The molecule has 0 amide bonds. The second-order valence-electron chi connectivity index (χ2n) is 8.51. The Morgan fingerprint density at radius 2 is 1.88 bits per heavy atom. The van der Waals surface area contributed by atoms with Gasteiger partial charge in [-0.25, -0.2) is 9.37 Å². The van der Waals surface area contributed by atoms with E-state index in [9.17, 15) is 4.39 Å². The number of nitrogens with zero attached hydrogens (tertiary/aromatic N) is 3. The maximum absolute atomic E-state index is 13.8. The SMILES string of the molecule is CCc1ccc(-c2cn(C3CCCCC3)c3nc(Nc4cc(F)cc(Cl)c4)ncc23)cc1. The fraction of sp³-hybridized carbons (Fsp3) is 0.308. The summed E-state index contributed by atoms with van der Waals surface area (Å²) in [7, 11) is 0. The summed E-state index contributed by atoms with van der Waals surface area (Å²) in [5, 5.41) is 4.47. The van der Waals surface area contributed by atoms with Crippen molar-refractivity contribution in [3.05, 3.63) is 71.3 Å². The molecular weight excluding hydrogens is 423 g/mol. The molecule has 1 saturated carbocycles. The molecule has 0 atom stereocenters. The van der Waals surface area contributed by atoms with Crippen LogP contribution < -0.4 is 5.32 Å². The highest BCUT2D eigenvalue weighted by atomic mass is 35.5. The van der Waals surface area contributed by atoms with Crippen LogP contribution in [0.25, 0.3) is 22.2 Å². The Kier molecular flexibility index (Phi) is 5.83. The Labute approximate surface area is 192 Å². The minimum Gasteiger partial charge on any atom is -0.329 e. The first kappa shape index (κ1) is 21.0. The van der Waals surface area contributed by atoms with Crippen molar-refractivity contribution in [2.75, 3.05) is 5.32 Å². The van der Waals surface area contributed by atoms with E-state index in [1.807, 2.05) is 6.20 Å². The molecule has 1 N–H and O–H groups in total. The zero-order valence-corrected chi connectivity index (χ0v) is 18.9. The van der Waals surface area contributed by atoms with Crippen molar-refractivity contribution in [3.63, 3.8) is 0 Å². The highest BCUT2D eigenvalue weighted by Gasteiger charge is 2.21. The van der Waals surface area contributed by atoms with Gasteiger partial charge >= 0.3 is 0 Å². The molecule has 0 saturated heterocycles. The van der Waals surface area contributed by atoms with Crippen LogP contribution in [0.5, 0.6) is 0 Å². The molecule has 2 heterocycles. The van der Waals surface area contributed by atoms with E-state index in [1.54, 1.807) is 6.07 Å². The summed E-state index contributed by atoms with van der Waals surface area (Å²) in [6, 6.07) is 13.5. The zero-order valence-electron chi connectivity index (χ0n) is 18.1. The number of fused-ring (bicyclic) bond motifs is 1. The lowest BCUT2D eigenvalue weighted by Gasteiger charge is -2.23. The Balaban J connectivity index is 1.59. The summed E-state index contributed by atoms with van der Waals surface area (Å²) in [5.41, 5.74) is 5.07. The van der Waals surface area contributed by atoms with E-state index in [2.05, 4.69) is 52.3 Å². The fourth-order valence-corrected chi connectivity index (χ4v) is 4.85. The second-order valence-corrected chi connectivity index (χ2v) is 8.94. The first-order chi connectivity index (χ1) is 15.6.